The third-order valence-electron chi connectivity index (χ3n) is 5.26. The van der Waals surface area contributed by atoms with Crippen LogP contribution in [0.5, 0.6) is 0 Å². The molecule has 3 heteroatoms. The Morgan fingerprint density at radius 1 is 1.16 bits per heavy atom. The van der Waals surface area contributed by atoms with Gasteiger partial charge >= 0.3 is 0 Å². The minimum absolute atomic E-state index is 0.166. The van der Waals surface area contributed by atoms with Crippen molar-refractivity contribution >= 4 is 16.8 Å². The summed E-state index contributed by atoms with van der Waals surface area (Å²) in [5.41, 5.74) is 5.28. The minimum atomic E-state index is 0.166. The van der Waals surface area contributed by atoms with Crippen LogP contribution in [-0.2, 0) is 17.8 Å². The van der Waals surface area contributed by atoms with Crippen molar-refractivity contribution in [3.8, 4) is 0 Å². The lowest BCUT2D eigenvalue weighted by Gasteiger charge is -2.10. The topological polar surface area (TPSA) is 34.0 Å². The molecule has 25 heavy (non-hydrogen) atoms. The number of benzene rings is 2. The molecule has 1 aromatic heterocycles. The van der Waals surface area contributed by atoms with Crippen molar-refractivity contribution in [1.29, 1.82) is 0 Å². The van der Waals surface area contributed by atoms with Crippen LogP contribution in [0.3, 0.4) is 0 Å². The molecule has 2 heterocycles. The average molecular weight is 332 g/mol. The van der Waals surface area contributed by atoms with Gasteiger partial charge in [0.15, 0.2) is 0 Å². The Balaban J connectivity index is 1.54. The number of amides is 1. The van der Waals surface area contributed by atoms with Crippen LogP contribution in [0.1, 0.15) is 35.4 Å². The number of aryl methyl sites for hydroxylation is 3. The van der Waals surface area contributed by atoms with Gasteiger partial charge in [0.25, 0.3) is 0 Å². The maximum absolute atomic E-state index is 11.5. The second kappa shape index (κ2) is 6.75. The zero-order chi connectivity index (χ0) is 17.2. The van der Waals surface area contributed by atoms with E-state index in [-0.39, 0.29) is 5.91 Å². The van der Waals surface area contributed by atoms with Crippen LogP contribution in [-0.4, -0.2) is 17.0 Å². The SMILES string of the molecule is Cc1cn(CCCc2ccccc2)c2cc(C3CNC(=O)C3)ccc12. The lowest BCUT2D eigenvalue weighted by molar-refractivity contribution is -0.119. The van der Waals surface area contributed by atoms with E-state index < -0.39 is 0 Å². The first-order valence-electron chi connectivity index (χ1n) is 9.11. The van der Waals surface area contributed by atoms with Gasteiger partial charge in [-0.05, 0) is 42.5 Å². The van der Waals surface area contributed by atoms with E-state index >= 15 is 0 Å². The van der Waals surface area contributed by atoms with E-state index in [2.05, 4.69) is 71.5 Å². The highest BCUT2D eigenvalue weighted by atomic mass is 16.1. The summed E-state index contributed by atoms with van der Waals surface area (Å²) in [5, 5.41) is 4.26. The van der Waals surface area contributed by atoms with Crippen LogP contribution in [0.25, 0.3) is 10.9 Å². The van der Waals surface area contributed by atoms with Crippen molar-refractivity contribution in [2.75, 3.05) is 6.54 Å². The number of nitrogens with zero attached hydrogens (tertiary/aromatic N) is 1. The van der Waals surface area contributed by atoms with Crippen LogP contribution in [0.15, 0.2) is 54.7 Å². The van der Waals surface area contributed by atoms with E-state index in [9.17, 15) is 4.79 Å². The molecular weight excluding hydrogens is 308 g/mol. The third kappa shape index (κ3) is 3.32. The summed E-state index contributed by atoms with van der Waals surface area (Å²) >= 11 is 0. The molecule has 1 aliphatic rings. The first-order valence-corrected chi connectivity index (χ1v) is 9.11. The van der Waals surface area contributed by atoms with Crippen LogP contribution < -0.4 is 5.32 Å². The van der Waals surface area contributed by atoms with E-state index in [4.69, 9.17) is 0 Å². The fourth-order valence-electron chi connectivity index (χ4n) is 3.87. The summed E-state index contributed by atoms with van der Waals surface area (Å²) < 4.78 is 2.38. The van der Waals surface area contributed by atoms with Crippen molar-refractivity contribution in [1.82, 2.24) is 9.88 Å². The summed E-state index contributed by atoms with van der Waals surface area (Å²) in [6, 6.07) is 17.4. The second-order valence-corrected chi connectivity index (χ2v) is 7.08. The largest absolute Gasteiger partial charge is 0.355 e. The van der Waals surface area contributed by atoms with Crippen molar-refractivity contribution in [3.05, 3.63) is 71.4 Å². The molecule has 1 unspecified atom stereocenters. The number of carbonyl (C=O) groups excluding carboxylic acids is 1. The molecule has 1 fully saturated rings. The molecule has 0 saturated carbocycles. The molecule has 3 nitrogen and oxygen atoms in total. The van der Waals surface area contributed by atoms with Gasteiger partial charge in [0.2, 0.25) is 5.91 Å². The molecule has 1 atom stereocenters. The lowest BCUT2D eigenvalue weighted by atomic mass is 9.97. The van der Waals surface area contributed by atoms with Crippen LogP contribution in [0, 0.1) is 6.92 Å². The zero-order valence-corrected chi connectivity index (χ0v) is 14.7. The van der Waals surface area contributed by atoms with Crippen LogP contribution >= 0.6 is 0 Å². The Kier molecular flexibility index (Phi) is 4.31. The highest BCUT2D eigenvalue weighted by Gasteiger charge is 2.23. The van der Waals surface area contributed by atoms with Gasteiger partial charge in [0.1, 0.15) is 0 Å². The standard InChI is InChI=1S/C22H24N2O/c1-16-15-24(11-5-8-17-6-3-2-4-7-17)21-12-18(9-10-20(16)21)19-13-22(25)23-14-19/h2-4,6-7,9-10,12,15,19H,5,8,11,13-14H2,1H3,(H,23,25). The first-order chi connectivity index (χ1) is 12.2. The molecule has 4 rings (SSSR count). The van der Waals surface area contributed by atoms with Crippen LogP contribution in [0.2, 0.25) is 0 Å². The second-order valence-electron chi connectivity index (χ2n) is 7.08. The van der Waals surface area contributed by atoms with E-state index in [0.29, 0.717) is 12.3 Å². The Labute approximate surface area is 148 Å². The molecule has 0 aliphatic carbocycles. The highest BCUT2D eigenvalue weighted by molar-refractivity contribution is 5.85. The minimum Gasteiger partial charge on any atom is -0.355 e. The van der Waals surface area contributed by atoms with E-state index in [1.54, 1.807) is 0 Å². The normalized spacial score (nSPS) is 17.2. The summed E-state index contributed by atoms with van der Waals surface area (Å²) in [6.07, 6.45) is 5.10. The smallest absolute Gasteiger partial charge is 0.220 e. The Morgan fingerprint density at radius 3 is 2.76 bits per heavy atom. The van der Waals surface area contributed by atoms with Gasteiger partial charge in [-0.1, -0.05) is 42.5 Å². The average Bonchev–Trinajstić information content (AvgIpc) is 3.20. The maximum atomic E-state index is 11.5. The predicted octanol–water partition coefficient (Wildman–Crippen LogP) is 4.19. The summed E-state index contributed by atoms with van der Waals surface area (Å²) in [4.78, 5) is 11.5. The third-order valence-corrected chi connectivity index (χ3v) is 5.26. The summed E-state index contributed by atoms with van der Waals surface area (Å²) in [6.45, 7) is 3.96. The number of hydrogen-bond acceptors (Lipinski definition) is 1. The number of fused-ring (bicyclic) bond motifs is 1. The van der Waals surface area contributed by atoms with E-state index in [1.807, 2.05) is 0 Å². The van der Waals surface area contributed by atoms with Gasteiger partial charge in [-0.15, -0.1) is 0 Å². The first kappa shape index (κ1) is 15.9. The van der Waals surface area contributed by atoms with E-state index in [1.165, 1.54) is 27.6 Å². The Morgan fingerprint density at radius 2 is 2.00 bits per heavy atom. The molecule has 3 aromatic rings. The number of hydrogen-bond donors (Lipinski definition) is 1. The van der Waals surface area contributed by atoms with Crippen molar-refractivity contribution < 1.29 is 4.79 Å². The fourth-order valence-corrected chi connectivity index (χ4v) is 3.87. The summed E-state index contributed by atoms with van der Waals surface area (Å²) in [7, 11) is 0. The number of nitrogens with one attached hydrogen (secondary N) is 1. The molecule has 1 saturated heterocycles. The van der Waals surface area contributed by atoms with Crippen molar-refractivity contribution in [3.63, 3.8) is 0 Å². The van der Waals surface area contributed by atoms with Crippen LogP contribution in [0.4, 0.5) is 0 Å². The molecule has 1 amide bonds. The Bertz CT molecular complexity index is 895. The highest BCUT2D eigenvalue weighted by Crippen LogP contribution is 2.29. The lowest BCUT2D eigenvalue weighted by Crippen LogP contribution is -2.13. The molecule has 128 valence electrons. The molecule has 2 aromatic carbocycles. The van der Waals surface area contributed by atoms with Gasteiger partial charge in [0, 0.05) is 42.5 Å². The van der Waals surface area contributed by atoms with Gasteiger partial charge in [-0.3, -0.25) is 4.79 Å². The zero-order valence-electron chi connectivity index (χ0n) is 14.7. The fraction of sp³-hybridized carbons (Fsp3) is 0.318. The number of carbonyl (C=O) groups is 1. The summed E-state index contributed by atoms with van der Waals surface area (Å²) in [5.74, 6) is 0.476. The van der Waals surface area contributed by atoms with Gasteiger partial charge in [0.05, 0.1) is 0 Å². The Hall–Kier alpha value is -2.55. The van der Waals surface area contributed by atoms with Gasteiger partial charge < -0.3 is 9.88 Å². The molecule has 0 spiro atoms. The molecule has 1 aliphatic heterocycles. The van der Waals surface area contributed by atoms with Crippen molar-refractivity contribution in [2.24, 2.45) is 0 Å². The number of aromatic nitrogens is 1. The predicted molar refractivity (Wildman–Crippen MR) is 102 cm³/mol. The van der Waals surface area contributed by atoms with Gasteiger partial charge in [-0.25, -0.2) is 0 Å². The molecule has 1 N–H and O–H groups in total. The maximum Gasteiger partial charge on any atom is 0.220 e. The molecule has 0 bridgehead atoms. The van der Waals surface area contributed by atoms with Crippen molar-refractivity contribution in [2.45, 2.75) is 38.6 Å². The van der Waals surface area contributed by atoms with E-state index in [0.717, 1.165) is 25.9 Å². The number of rotatable bonds is 5. The molecule has 0 radical (unpaired) electrons. The monoisotopic (exact) mass is 332 g/mol. The quantitative estimate of drug-likeness (QED) is 0.747. The van der Waals surface area contributed by atoms with Gasteiger partial charge in [-0.2, -0.15) is 0 Å². The molecular formula is C22H24N2O.